The van der Waals surface area contributed by atoms with Gasteiger partial charge in [-0.3, -0.25) is 14.6 Å². The van der Waals surface area contributed by atoms with E-state index in [4.69, 9.17) is 10.5 Å². The van der Waals surface area contributed by atoms with Crippen molar-refractivity contribution in [2.24, 2.45) is 11.7 Å². The van der Waals surface area contributed by atoms with E-state index in [0.29, 0.717) is 31.1 Å². The molecule has 1 saturated heterocycles. The Labute approximate surface area is 193 Å². The molecule has 0 aliphatic carbocycles. The van der Waals surface area contributed by atoms with E-state index in [2.05, 4.69) is 10.3 Å². The van der Waals surface area contributed by atoms with Crippen LogP contribution in [0.4, 0.5) is 4.79 Å². The van der Waals surface area contributed by atoms with Crippen LogP contribution >= 0.6 is 0 Å². The molecule has 0 unspecified atom stereocenters. The summed E-state index contributed by atoms with van der Waals surface area (Å²) in [5.74, 6) is 0.684. The normalized spacial score (nSPS) is 14.2. The molecule has 1 aromatic carbocycles. The average Bonchev–Trinajstić information content (AvgIpc) is 2.83. The molecular formula is C25H30N4O4. The number of hydrogen-bond acceptors (Lipinski definition) is 5. The average molecular weight is 451 g/mol. The smallest absolute Gasteiger partial charge is 0.409 e. The number of nitrogens with zero attached hydrogens (tertiary/aromatic N) is 2. The molecule has 0 saturated carbocycles. The summed E-state index contributed by atoms with van der Waals surface area (Å²) < 4.78 is 4.86. The first kappa shape index (κ1) is 24.0. The molecule has 0 bridgehead atoms. The number of carbonyl (C=O) groups is 3. The predicted octanol–water partition coefficient (Wildman–Crippen LogP) is 3.39. The quantitative estimate of drug-likeness (QED) is 0.449. The largest absolute Gasteiger partial charge is 0.410 e. The lowest BCUT2D eigenvalue weighted by Gasteiger charge is -2.32. The molecule has 0 radical (unpaired) electrons. The van der Waals surface area contributed by atoms with Gasteiger partial charge in [-0.25, -0.2) is 4.79 Å². The summed E-state index contributed by atoms with van der Waals surface area (Å²) in [5, 5.41) is 2.91. The van der Waals surface area contributed by atoms with Crippen molar-refractivity contribution in [2.75, 3.05) is 19.6 Å². The Morgan fingerprint density at radius 3 is 2.70 bits per heavy atom. The van der Waals surface area contributed by atoms with Crippen molar-refractivity contribution >= 4 is 24.0 Å². The number of unbranched alkanes of at least 4 members (excludes halogenated alkanes) is 1. The van der Waals surface area contributed by atoms with Crippen molar-refractivity contribution < 1.29 is 19.1 Å². The zero-order valence-electron chi connectivity index (χ0n) is 18.6. The monoisotopic (exact) mass is 450 g/mol. The van der Waals surface area contributed by atoms with Crippen LogP contribution in [-0.4, -0.2) is 47.4 Å². The molecule has 1 aliphatic heterocycles. The third kappa shape index (κ3) is 8.07. The molecule has 0 spiro atoms. The number of rotatable bonds is 9. The van der Waals surface area contributed by atoms with Gasteiger partial charge < -0.3 is 20.7 Å². The summed E-state index contributed by atoms with van der Waals surface area (Å²) in [6, 6.07) is 10.2. The van der Waals surface area contributed by atoms with Crippen molar-refractivity contribution in [3.63, 3.8) is 0 Å². The van der Waals surface area contributed by atoms with Gasteiger partial charge in [-0.05, 0) is 61.1 Å². The highest BCUT2D eigenvalue weighted by Gasteiger charge is 2.23. The maximum Gasteiger partial charge on any atom is 0.409 e. The number of primary amides is 1. The number of pyridine rings is 1. The number of nitrogens with one attached hydrogen (secondary N) is 1. The van der Waals surface area contributed by atoms with Gasteiger partial charge in [0.2, 0.25) is 5.91 Å². The van der Waals surface area contributed by atoms with Crippen molar-refractivity contribution in [3.8, 4) is 5.75 Å². The topological polar surface area (TPSA) is 115 Å². The summed E-state index contributed by atoms with van der Waals surface area (Å²) in [7, 11) is 0. The molecule has 174 valence electrons. The van der Waals surface area contributed by atoms with E-state index in [9.17, 15) is 14.4 Å². The van der Waals surface area contributed by atoms with E-state index in [-0.39, 0.29) is 17.6 Å². The predicted molar refractivity (Wildman–Crippen MR) is 125 cm³/mol. The van der Waals surface area contributed by atoms with E-state index < -0.39 is 6.09 Å². The van der Waals surface area contributed by atoms with Crippen molar-refractivity contribution in [2.45, 2.75) is 32.1 Å². The minimum atomic E-state index is -0.902. The molecule has 8 heteroatoms. The Kier molecular flexibility index (Phi) is 8.99. The van der Waals surface area contributed by atoms with E-state index in [1.54, 1.807) is 42.7 Å². The molecule has 2 heterocycles. The van der Waals surface area contributed by atoms with Gasteiger partial charge in [0, 0.05) is 43.7 Å². The van der Waals surface area contributed by atoms with Crippen LogP contribution in [0.3, 0.4) is 0 Å². The molecule has 1 aliphatic rings. The lowest BCUT2D eigenvalue weighted by Crippen LogP contribution is -2.38. The third-order valence-corrected chi connectivity index (χ3v) is 5.65. The molecular weight excluding hydrogens is 420 g/mol. The molecule has 1 aromatic heterocycles. The van der Waals surface area contributed by atoms with Crippen LogP contribution in [0.1, 0.15) is 48.0 Å². The highest BCUT2D eigenvalue weighted by molar-refractivity contribution is 5.94. The van der Waals surface area contributed by atoms with Gasteiger partial charge in [0.1, 0.15) is 5.75 Å². The van der Waals surface area contributed by atoms with E-state index in [1.165, 1.54) is 6.08 Å². The number of amides is 3. The van der Waals surface area contributed by atoms with Crippen LogP contribution in [0.5, 0.6) is 5.75 Å². The number of benzene rings is 1. The van der Waals surface area contributed by atoms with Crippen molar-refractivity contribution in [3.05, 3.63) is 66.0 Å². The molecule has 3 rings (SSSR count). The summed E-state index contributed by atoms with van der Waals surface area (Å²) >= 11 is 0. The SMILES string of the molecule is NC(=O)Oc1cccc(C(=O)N2CCC(CCCCNC(=O)/C=C/c3cccnc3)CC2)c1. The second-order valence-electron chi connectivity index (χ2n) is 8.09. The third-order valence-electron chi connectivity index (χ3n) is 5.65. The second-order valence-corrected chi connectivity index (χ2v) is 8.09. The maximum atomic E-state index is 12.8. The van der Waals surface area contributed by atoms with Gasteiger partial charge in [0.15, 0.2) is 0 Å². The zero-order chi connectivity index (χ0) is 23.5. The van der Waals surface area contributed by atoms with E-state index in [0.717, 1.165) is 37.7 Å². The Hall–Kier alpha value is -3.68. The summed E-state index contributed by atoms with van der Waals surface area (Å²) in [4.78, 5) is 41.4. The summed E-state index contributed by atoms with van der Waals surface area (Å²) in [6.45, 7) is 2.07. The molecule has 2 aromatic rings. The van der Waals surface area contributed by atoms with Crippen molar-refractivity contribution in [1.82, 2.24) is 15.2 Å². The van der Waals surface area contributed by atoms with Crippen LogP contribution in [0.15, 0.2) is 54.9 Å². The maximum absolute atomic E-state index is 12.8. The van der Waals surface area contributed by atoms with Crippen LogP contribution in [0.25, 0.3) is 6.08 Å². The van der Waals surface area contributed by atoms with Gasteiger partial charge >= 0.3 is 6.09 Å². The Bertz CT molecular complexity index is 969. The van der Waals surface area contributed by atoms with E-state index >= 15 is 0 Å². The first-order chi connectivity index (χ1) is 16.0. The lowest BCUT2D eigenvalue weighted by atomic mass is 9.91. The number of aromatic nitrogens is 1. The number of hydrogen-bond donors (Lipinski definition) is 2. The second kappa shape index (κ2) is 12.4. The molecule has 0 atom stereocenters. The standard InChI is InChI=1S/C25H30N4O4/c26-25(32)33-22-8-3-7-21(17-22)24(31)29-15-11-19(12-16-29)5-1-2-14-28-23(30)10-9-20-6-4-13-27-18-20/h3-4,6-10,13,17-19H,1-2,5,11-12,14-16H2,(H2,26,32)(H,28,30)/b10-9+. The summed E-state index contributed by atoms with van der Waals surface area (Å²) in [6.07, 6.45) is 10.8. The molecule has 33 heavy (non-hydrogen) atoms. The minimum Gasteiger partial charge on any atom is -0.410 e. The molecule has 3 amide bonds. The van der Waals surface area contributed by atoms with Crippen LogP contribution in [0, 0.1) is 5.92 Å². The Morgan fingerprint density at radius 2 is 1.97 bits per heavy atom. The van der Waals surface area contributed by atoms with Gasteiger partial charge in [-0.15, -0.1) is 0 Å². The molecule has 1 fully saturated rings. The Balaban J connectivity index is 1.31. The van der Waals surface area contributed by atoms with Crippen LogP contribution < -0.4 is 15.8 Å². The fraction of sp³-hybridized carbons (Fsp3) is 0.360. The van der Waals surface area contributed by atoms with Crippen LogP contribution in [0.2, 0.25) is 0 Å². The van der Waals surface area contributed by atoms with Crippen molar-refractivity contribution in [1.29, 1.82) is 0 Å². The van der Waals surface area contributed by atoms with Gasteiger partial charge in [0.25, 0.3) is 5.91 Å². The fourth-order valence-corrected chi connectivity index (χ4v) is 3.89. The van der Waals surface area contributed by atoms with Gasteiger partial charge in [-0.1, -0.05) is 25.0 Å². The molecule has 8 nitrogen and oxygen atoms in total. The first-order valence-corrected chi connectivity index (χ1v) is 11.2. The van der Waals surface area contributed by atoms with E-state index in [1.807, 2.05) is 17.0 Å². The van der Waals surface area contributed by atoms with Crippen LogP contribution in [-0.2, 0) is 4.79 Å². The zero-order valence-corrected chi connectivity index (χ0v) is 18.6. The van der Waals surface area contributed by atoms with Gasteiger partial charge in [-0.2, -0.15) is 0 Å². The molecule has 3 N–H and O–H groups in total. The number of nitrogens with two attached hydrogens (primary N) is 1. The number of carbonyl (C=O) groups excluding carboxylic acids is 3. The number of likely N-dealkylation sites (tertiary alicyclic amines) is 1. The number of piperidine rings is 1. The van der Waals surface area contributed by atoms with Gasteiger partial charge in [0.05, 0.1) is 0 Å². The Morgan fingerprint density at radius 1 is 1.15 bits per heavy atom. The lowest BCUT2D eigenvalue weighted by molar-refractivity contribution is -0.116. The number of ether oxygens (including phenoxy) is 1. The minimum absolute atomic E-state index is 0.0644. The first-order valence-electron chi connectivity index (χ1n) is 11.2. The summed E-state index contributed by atoms with van der Waals surface area (Å²) in [5.41, 5.74) is 6.41. The fourth-order valence-electron chi connectivity index (χ4n) is 3.89. The highest BCUT2D eigenvalue weighted by Crippen LogP contribution is 2.24. The highest BCUT2D eigenvalue weighted by atomic mass is 16.5.